The van der Waals surface area contributed by atoms with Crippen LogP contribution in [0.4, 0.5) is 5.69 Å². The maximum atomic E-state index is 12.7. The van der Waals surface area contributed by atoms with Crippen LogP contribution in [-0.2, 0) is 11.2 Å². The minimum absolute atomic E-state index is 0.0595. The highest BCUT2D eigenvalue weighted by atomic mass is 79.9. The van der Waals surface area contributed by atoms with Crippen molar-refractivity contribution in [2.45, 2.75) is 13.3 Å². The number of ether oxygens (including phenoxy) is 1. The lowest BCUT2D eigenvalue weighted by Crippen LogP contribution is -2.23. The van der Waals surface area contributed by atoms with Gasteiger partial charge in [0.25, 0.3) is 5.91 Å². The highest BCUT2D eigenvalue weighted by Crippen LogP contribution is 2.38. The van der Waals surface area contributed by atoms with Crippen LogP contribution in [0.5, 0.6) is 5.75 Å². The summed E-state index contributed by atoms with van der Waals surface area (Å²) in [7, 11) is 3.37. The van der Waals surface area contributed by atoms with Gasteiger partial charge < -0.3 is 4.74 Å². The van der Waals surface area contributed by atoms with Gasteiger partial charge in [-0.3, -0.25) is 9.69 Å². The number of benzene rings is 2. The molecule has 1 fully saturated rings. The van der Waals surface area contributed by atoms with Crippen molar-refractivity contribution in [1.29, 1.82) is 0 Å². The number of carbonyl (C=O) groups excluding carboxylic acids is 1. The normalized spacial score (nSPS) is 17.2. The van der Waals surface area contributed by atoms with E-state index in [1.165, 1.54) is 11.8 Å². The fraction of sp³-hybridized carbons (Fsp3) is 0.200. The van der Waals surface area contributed by atoms with E-state index >= 15 is 0 Å². The number of aryl methyl sites for hydroxylation is 1. The highest BCUT2D eigenvalue weighted by Gasteiger charge is 2.30. The van der Waals surface area contributed by atoms with E-state index in [2.05, 4.69) is 44.8 Å². The van der Waals surface area contributed by atoms with Gasteiger partial charge in [-0.15, -0.1) is 0 Å². The number of aliphatic imine (C=N–C) groups is 1. The molecule has 2 aromatic rings. The van der Waals surface area contributed by atoms with Crippen molar-refractivity contribution in [2.75, 3.05) is 14.2 Å². The summed E-state index contributed by atoms with van der Waals surface area (Å²) < 4.78 is 6.97. The summed E-state index contributed by atoms with van der Waals surface area (Å²) in [6, 6.07) is 11.8. The second kappa shape index (κ2) is 8.63. The molecule has 0 atom stereocenters. The molecule has 4 nitrogen and oxygen atoms in total. The summed E-state index contributed by atoms with van der Waals surface area (Å²) in [5.74, 6) is 0.661. The maximum Gasteiger partial charge on any atom is 0.266 e. The number of halogens is 2. The predicted molar refractivity (Wildman–Crippen MR) is 120 cm³/mol. The van der Waals surface area contributed by atoms with Gasteiger partial charge in [-0.25, -0.2) is 4.99 Å². The molecule has 0 unspecified atom stereocenters. The number of hydrogen-bond acceptors (Lipinski definition) is 4. The lowest BCUT2D eigenvalue weighted by Gasteiger charge is -2.09. The average Bonchev–Trinajstić information content (AvgIpc) is 2.90. The molecule has 1 amide bonds. The molecular weight excluding hydrogens is 492 g/mol. The lowest BCUT2D eigenvalue weighted by atomic mass is 10.1. The van der Waals surface area contributed by atoms with Crippen molar-refractivity contribution in [3.63, 3.8) is 0 Å². The number of thioether (sulfide) groups is 1. The van der Waals surface area contributed by atoms with Gasteiger partial charge in [-0.05, 0) is 85.4 Å². The number of amides is 1. The van der Waals surface area contributed by atoms with E-state index in [0.717, 1.165) is 37.9 Å². The Morgan fingerprint density at radius 3 is 2.52 bits per heavy atom. The van der Waals surface area contributed by atoms with Crippen molar-refractivity contribution >= 4 is 66.5 Å². The molecule has 3 rings (SSSR count). The van der Waals surface area contributed by atoms with Crippen molar-refractivity contribution in [3.05, 3.63) is 61.4 Å². The van der Waals surface area contributed by atoms with Crippen molar-refractivity contribution in [1.82, 2.24) is 4.90 Å². The first kappa shape index (κ1) is 20.2. The summed E-state index contributed by atoms with van der Waals surface area (Å²) in [6.45, 7) is 2.10. The highest BCUT2D eigenvalue weighted by molar-refractivity contribution is 9.11. The maximum absolute atomic E-state index is 12.7. The zero-order valence-corrected chi connectivity index (χ0v) is 19.1. The third-order valence-corrected chi connectivity index (χ3v) is 6.35. The average molecular weight is 510 g/mol. The first-order valence-electron chi connectivity index (χ1n) is 8.31. The Hall–Kier alpha value is -1.57. The van der Waals surface area contributed by atoms with Crippen LogP contribution in [0.1, 0.15) is 18.1 Å². The first-order valence-corrected chi connectivity index (χ1v) is 10.7. The third kappa shape index (κ3) is 4.31. The summed E-state index contributed by atoms with van der Waals surface area (Å²) >= 11 is 8.38. The molecular formula is C20H18Br2N2O2S. The van der Waals surface area contributed by atoms with Gasteiger partial charge in [0.15, 0.2) is 5.17 Å². The van der Waals surface area contributed by atoms with Gasteiger partial charge >= 0.3 is 0 Å². The van der Waals surface area contributed by atoms with E-state index in [9.17, 15) is 4.79 Å². The molecule has 1 saturated heterocycles. The van der Waals surface area contributed by atoms with Crippen LogP contribution >= 0.6 is 43.6 Å². The molecule has 0 radical (unpaired) electrons. The molecule has 7 heteroatoms. The van der Waals surface area contributed by atoms with Crippen molar-refractivity contribution in [2.24, 2.45) is 4.99 Å². The Balaban J connectivity index is 1.94. The summed E-state index contributed by atoms with van der Waals surface area (Å²) in [5, 5.41) is 0.679. The van der Waals surface area contributed by atoms with E-state index in [0.29, 0.717) is 10.1 Å². The van der Waals surface area contributed by atoms with Gasteiger partial charge in [0.2, 0.25) is 0 Å². The van der Waals surface area contributed by atoms with Gasteiger partial charge in [0.05, 0.1) is 26.6 Å². The van der Waals surface area contributed by atoms with Gasteiger partial charge in [-0.2, -0.15) is 0 Å². The summed E-state index contributed by atoms with van der Waals surface area (Å²) in [6.07, 6.45) is 2.76. The van der Waals surface area contributed by atoms with Crippen molar-refractivity contribution < 1.29 is 9.53 Å². The van der Waals surface area contributed by atoms with E-state index in [1.807, 2.05) is 36.4 Å². The van der Waals surface area contributed by atoms with E-state index in [-0.39, 0.29) is 5.91 Å². The second-order valence-electron chi connectivity index (χ2n) is 5.87. The standard InChI is InChI=1S/C20H18Br2N2O2S/c1-4-13-7-5-6-8-16(13)23-20-24(2)19(25)17(27-20)11-12-9-14(21)18(26-3)15(22)10-12/h5-11H,4H2,1-3H3/b17-11+,23-20?. The zero-order valence-electron chi connectivity index (χ0n) is 15.1. The summed E-state index contributed by atoms with van der Waals surface area (Å²) in [5.41, 5.74) is 2.96. The quantitative estimate of drug-likeness (QED) is 0.473. The Morgan fingerprint density at radius 2 is 1.89 bits per heavy atom. The molecule has 1 heterocycles. The number of amidine groups is 1. The van der Waals surface area contributed by atoms with Gasteiger partial charge in [-0.1, -0.05) is 25.1 Å². The lowest BCUT2D eigenvalue weighted by molar-refractivity contribution is -0.121. The van der Waals surface area contributed by atoms with Crippen LogP contribution in [0, 0.1) is 0 Å². The Bertz CT molecular complexity index is 934. The van der Waals surface area contributed by atoms with E-state index in [4.69, 9.17) is 9.73 Å². The molecule has 2 aromatic carbocycles. The predicted octanol–water partition coefficient (Wildman–Crippen LogP) is 6.02. The summed E-state index contributed by atoms with van der Waals surface area (Å²) in [4.78, 5) is 19.6. The number of para-hydroxylation sites is 1. The fourth-order valence-corrected chi connectivity index (χ4v) is 5.21. The number of rotatable bonds is 4. The number of carbonyl (C=O) groups is 1. The molecule has 27 heavy (non-hydrogen) atoms. The zero-order chi connectivity index (χ0) is 19.6. The van der Waals surface area contributed by atoms with E-state index in [1.54, 1.807) is 19.1 Å². The smallest absolute Gasteiger partial charge is 0.266 e. The van der Waals surface area contributed by atoms with Gasteiger partial charge in [0, 0.05) is 7.05 Å². The van der Waals surface area contributed by atoms with Crippen LogP contribution in [0.3, 0.4) is 0 Å². The molecule has 0 spiro atoms. The second-order valence-corrected chi connectivity index (χ2v) is 8.59. The van der Waals surface area contributed by atoms with Crippen LogP contribution in [0.25, 0.3) is 6.08 Å². The number of hydrogen-bond donors (Lipinski definition) is 0. The number of likely N-dealkylation sites (N-methyl/N-ethyl adjacent to an activating group) is 1. The molecule has 0 aliphatic carbocycles. The van der Waals surface area contributed by atoms with Crippen molar-refractivity contribution in [3.8, 4) is 5.75 Å². The monoisotopic (exact) mass is 508 g/mol. The van der Waals surface area contributed by atoms with E-state index < -0.39 is 0 Å². The minimum atomic E-state index is -0.0595. The largest absolute Gasteiger partial charge is 0.494 e. The number of methoxy groups -OCH3 is 1. The third-order valence-electron chi connectivity index (χ3n) is 4.11. The van der Waals surface area contributed by atoms with Crippen LogP contribution in [0.15, 0.2) is 55.2 Å². The number of nitrogens with zero attached hydrogens (tertiary/aromatic N) is 2. The molecule has 0 saturated carbocycles. The van der Waals surface area contributed by atoms with Gasteiger partial charge in [0.1, 0.15) is 5.75 Å². The SMILES string of the molecule is CCc1ccccc1N=C1S/C(=C/c2cc(Br)c(OC)c(Br)c2)C(=O)N1C. The first-order chi connectivity index (χ1) is 12.9. The molecule has 0 N–H and O–H groups in total. The van der Waals surface area contributed by atoms with Crippen LogP contribution in [-0.4, -0.2) is 30.1 Å². The van der Waals surface area contributed by atoms with Crippen LogP contribution in [0.2, 0.25) is 0 Å². The fourth-order valence-electron chi connectivity index (χ4n) is 2.68. The molecule has 140 valence electrons. The molecule has 1 aliphatic rings. The molecule has 1 aliphatic heterocycles. The Kier molecular flexibility index (Phi) is 6.44. The molecule has 0 aromatic heterocycles. The molecule has 0 bridgehead atoms. The topological polar surface area (TPSA) is 41.9 Å². The minimum Gasteiger partial charge on any atom is -0.494 e. The van der Waals surface area contributed by atoms with Crippen LogP contribution < -0.4 is 4.74 Å². The Morgan fingerprint density at radius 1 is 1.22 bits per heavy atom. The Labute approximate surface area is 180 Å².